The third kappa shape index (κ3) is 2.56. The number of aromatic hydroxyl groups is 1. The highest BCUT2D eigenvalue weighted by Crippen LogP contribution is 2.66. The summed E-state index contributed by atoms with van der Waals surface area (Å²) < 4.78 is 5.04. The Morgan fingerprint density at radius 1 is 1.50 bits per heavy atom. The number of phenols is 1. The van der Waals surface area contributed by atoms with Gasteiger partial charge in [-0.2, -0.15) is 5.10 Å². The van der Waals surface area contributed by atoms with E-state index >= 15 is 0 Å². The summed E-state index contributed by atoms with van der Waals surface area (Å²) in [5.74, 6) is 1.14. The van der Waals surface area contributed by atoms with Crippen LogP contribution in [0.25, 0.3) is 0 Å². The molecule has 118 valence electrons. The van der Waals surface area contributed by atoms with Crippen molar-refractivity contribution in [1.82, 2.24) is 5.43 Å². The van der Waals surface area contributed by atoms with Gasteiger partial charge >= 0.3 is 0 Å². The standard InChI is InChI=1S/C17H22N2O3/c1-17-8-4-3-5-12(17)15(17)16(21)19-18-10-11-6-7-13(20)14(9-11)22-2/h6-7,9-10,12,15,20H,3-5,8H2,1-2H3,(H,19,21)/b18-10+/t12-,15-,17+/m0/s1. The molecule has 22 heavy (non-hydrogen) atoms. The van der Waals surface area contributed by atoms with E-state index < -0.39 is 0 Å². The van der Waals surface area contributed by atoms with Crippen molar-refractivity contribution in [2.75, 3.05) is 7.11 Å². The van der Waals surface area contributed by atoms with E-state index in [0.29, 0.717) is 11.7 Å². The molecule has 1 amide bonds. The average Bonchev–Trinajstić information content (AvgIpc) is 3.14. The summed E-state index contributed by atoms with van der Waals surface area (Å²) in [4.78, 5) is 12.3. The molecule has 5 nitrogen and oxygen atoms in total. The lowest BCUT2D eigenvalue weighted by Crippen LogP contribution is -2.22. The Morgan fingerprint density at radius 2 is 2.32 bits per heavy atom. The third-order valence-electron chi connectivity index (χ3n) is 5.21. The van der Waals surface area contributed by atoms with Crippen molar-refractivity contribution >= 4 is 12.1 Å². The van der Waals surface area contributed by atoms with Crippen LogP contribution in [0.2, 0.25) is 0 Å². The Bertz CT molecular complexity index is 614. The Hall–Kier alpha value is -2.04. The van der Waals surface area contributed by atoms with Gasteiger partial charge in [0.1, 0.15) is 0 Å². The molecule has 3 rings (SSSR count). The van der Waals surface area contributed by atoms with Gasteiger partial charge in [-0.25, -0.2) is 5.43 Å². The van der Waals surface area contributed by atoms with Crippen LogP contribution in [0.5, 0.6) is 11.5 Å². The first-order chi connectivity index (χ1) is 10.6. The number of hydrazone groups is 1. The zero-order chi connectivity index (χ0) is 15.7. The summed E-state index contributed by atoms with van der Waals surface area (Å²) in [5.41, 5.74) is 3.61. The summed E-state index contributed by atoms with van der Waals surface area (Å²) in [7, 11) is 1.49. The van der Waals surface area contributed by atoms with Crippen molar-refractivity contribution < 1.29 is 14.6 Å². The number of amides is 1. The second-order valence-electron chi connectivity index (χ2n) is 6.50. The summed E-state index contributed by atoms with van der Waals surface area (Å²) in [6.07, 6.45) is 6.34. The lowest BCUT2D eigenvalue weighted by atomic mass is 9.90. The number of carbonyl (C=O) groups excluding carboxylic acids is 1. The Morgan fingerprint density at radius 3 is 3.00 bits per heavy atom. The second kappa shape index (κ2) is 5.63. The molecule has 2 N–H and O–H groups in total. The molecule has 2 aliphatic carbocycles. The molecule has 0 saturated heterocycles. The zero-order valence-electron chi connectivity index (χ0n) is 13.0. The van der Waals surface area contributed by atoms with E-state index in [0.717, 1.165) is 18.4 Å². The minimum Gasteiger partial charge on any atom is -0.504 e. The molecule has 0 heterocycles. The number of nitrogens with zero attached hydrogens (tertiary/aromatic N) is 1. The van der Waals surface area contributed by atoms with E-state index in [9.17, 15) is 9.90 Å². The number of methoxy groups -OCH3 is 1. The van der Waals surface area contributed by atoms with E-state index in [4.69, 9.17) is 4.74 Å². The first kappa shape index (κ1) is 14.9. The maximum absolute atomic E-state index is 12.3. The molecule has 2 saturated carbocycles. The highest BCUT2D eigenvalue weighted by atomic mass is 16.5. The highest BCUT2D eigenvalue weighted by Gasteiger charge is 2.64. The number of phenolic OH excluding ortho intramolecular Hbond substituents is 1. The fourth-order valence-corrected chi connectivity index (χ4v) is 3.86. The second-order valence-corrected chi connectivity index (χ2v) is 6.50. The van der Waals surface area contributed by atoms with E-state index in [1.165, 1.54) is 20.0 Å². The van der Waals surface area contributed by atoms with Crippen LogP contribution in [0.1, 0.15) is 38.2 Å². The number of hydrogen-bond donors (Lipinski definition) is 2. The summed E-state index contributed by atoms with van der Waals surface area (Å²) >= 11 is 0. The molecule has 0 spiro atoms. The maximum Gasteiger partial charge on any atom is 0.244 e. The SMILES string of the molecule is COc1cc(/C=N/NC(=O)[C@@H]2[C@@H]3CCCC[C@@]23C)ccc1O. The largest absolute Gasteiger partial charge is 0.504 e. The van der Waals surface area contributed by atoms with Gasteiger partial charge in [0.15, 0.2) is 11.5 Å². The Labute approximate surface area is 130 Å². The zero-order valence-corrected chi connectivity index (χ0v) is 13.0. The van der Waals surface area contributed by atoms with E-state index in [1.807, 2.05) is 0 Å². The predicted molar refractivity (Wildman–Crippen MR) is 84.0 cm³/mol. The van der Waals surface area contributed by atoms with Gasteiger partial charge in [-0.05, 0) is 47.9 Å². The van der Waals surface area contributed by atoms with Gasteiger partial charge in [0, 0.05) is 5.92 Å². The third-order valence-corrected chi connectivity index (χ3v) is 5.21. The van der Waals surface area contributed by atoms with Crippen molar-refractivity contribution in [2.24, 2.45) is 22.4 Å². The fourth-order valence-electron chi connectivity index (χ4n) is 3.86. The molecule has 1 aromatic carbocycles. The van der Waals surface area contributed by atoms with Crippen molar-refractivity contribution in [2.45, 2.75) is 32.6 Å². The topological polar surface area (TPSA) is 70.9 Å². The van der Waals surface area contributed by atoms with Crippen LogP contribution in [0, 0.1) is 17.3 Å². The molecule has 1 aromatic rings. The molecule has 0 bridgehead atoms. The van der Waals surface area contributed by atoms with Gasteiger partial charge in [0.2, 0.25) is 5.91 Å². The summed E-state index contributed by atoms with van der Waals surface area (Å²) in [6.45, 7) is 2.22. The fraction of sp³-hybridized carbons (Fsp3) is 0.529. The van der Waals surface area contributed by atoms with Gasteiger partial charge in [0.25, 0.3) is 0 Å². The number of rotatable bonds is 4. The van der Waals surface area contributed by atoms with E-state index in [1.54, 1.807) is 24.4 Å². The Kier molecular flexibility index (Phi) is 3.81. The normalized spacial score (nSPS) is 29.9. The number of carbonyl (C=O) groups is 1. The van der Waals surface area contributed by atoms with Crippen LogP contribution in [0.3, 0.4) is 0 Å². The van der Waals surface area contributed by atoms with E-state index in [-0.39, 0.29) is 23.0 Å². The van der Waals surface area contributed by atoms with Crippen molar-refractivity contribution in [3.05, 3.63) is 23.8 Å². The molecule has 2 fully saturated rings. The van der Waals surface area contributed by atoms with Crippen LogP contribution >= 0.6 is 0 Å². The molecule has 3 atom stereocenters. The van der Waals surface area contributed by atoms with Crippen molar-refractivity contribution in [3.63, 3.8) is 0 Å². The predicted octanol–water partition coefficient (Wildman–Crippen LogP) is 2.68. The first-order valence-electron chi connectivity index (χ1n) is 7.76. The molecule has 0 aromatic heterocycles. The van der Waals surface area contributed by atoms with Gasteiger partial charge in [-0.3, -0.25) is 4.79 Å². The molecule has 2 aliphatic rings. The first-order valence-corrected chi connectivity index (χ1v) is 7.76. The highest BCUT2D eigenvalue weighted by molar-refractivity contribution is 5.86. The Balaban J connectivity index is 1.59. The summed E-state index contributed by atoms with van der Waals surface area (Å²) in [6, 6.07) is 4.92. The van der Waals surface area contributed by atoms with E-state index in [2.05, 4.69) is 17.5 Å². The number of ether oxygens (including phenoxy) is 1. The van der Waals surface area contributed by atoms with Crippen LogP contribution in [-0.2, 0) is 4.79 Å². The average molecular weight is 302 g/mol. The smallest absolute Gasteiger partial charge is 0.244 e. The van der Waals surface area contributed by atoms with Gasteiger partial charge < -0.3 is 9.84 Å². The molecular weight excluding hydrogens is 280 g/mol. The van der Waals surface area contributed by atoms with Gasteiger partial charge in [-0.1, -0.05) is 19.8 Å². The van der Waals surface area contributed by atoms with Gasteiger partial charge in [0.05, 0.1) is 13.3 Å². The van der Waals surface area contributed by atoms with Crippen LogP contribution in [0.15, 0.2) is 23.3 Å². The molecule has 5 heteroatoms. The molecular formula is C17H22N2O3. The number of hydrogen-bond acceptors (Lipinski definition) is 4. The number of benzene rings is 1. The lowest BCUT2D eigenvalue weighted by molar-refractivity contribution is -0.123. The molecule has 0 radical (unpaired) electrons. The van der Waals surface area contributed by atoms with Crippen molar-refractivity contribution in [3.8, 4) is 11.5 Å². The quantitative estimate of drug-likeness (QED) is 0.663. The molecule has 0 aliphatic heterocycles. The minimum atomic E-state index is 0.0244. The molecule has 0 unspecified atom stereocenters. The van der Waals surface area contributed by atoms with Crippen LogP contribution < -0.4 is 10.2 Å². The number of fused-ring (bicyclic) bond motifs is 1. The lowest BCUT2D eigenvalue weighted by Gasteiger charge is -2.15. The van der Waals surface area contributed by atoms with Crippen molar-refractivity contribution in [1.29, 1.82) is 0 Å². The van der Waals surface area contributed by atoms with Crippen LogP contribution in [-0.4, -0.2) is 24.3 Å². The van der Waals surface area contributed by atoms with Crippen LogP contribution in [0.4, 0.5) is 0 Å². The maximum atomic E-state index is 12.3. The van der Waals surface area contributed by atoms with Gasteiger partial charge in [-0.15, -0.1) is 0 Å². The monoisotopic (exact) mass is 302 g/mol. The minimum absolute atomic E-state index is 0.0244. The number of nitrogens with one attached hydrogen (secondary N) is 1. The summed E-state index contributed by atoms with van der Waals surface area (Å²) in [5, 5.41) is 13.6.